The van der Waals surface area contributed by atoms with Crippen LogP contribution in [-0.2, 0) is 98.0 Å². The van der Waals surface area contributed by atoms with Gasteiger partial charge in [0.05, 0.1) is 81.8 Å². The van der Waals surface area contributed by atoms with Crippen molar-refractivity contribution in [3.8, 4) is 36.0 Å². The van der Waals surface area contributed by atoms with Gasteiger partial charge in [0.25, 0.3) is 16.7 Å². The Morgan fingerprint density at radius 2 is 0.844 bits per heavy atom. The summed E-state index contributed by atoms with van der Waals surface area (Å²) >= 11 is 14.4. The molecule has 0 radical (unpaired) electrons. The summed E-state index contributed by atoms with van der Waals surface area (Å²) in [6, 6.07) is 7.95. The lowest BCUT2D eigenvalue weighted by atomic mass is 10.1. The summed E-state index contributed by atoms with van der Waals surface area (Å²) in [4.78, 5) is 125. The van der Waals surface area contributed by atoms with Crippen molar-refractivity contribution in [2.24, 2.45) is 0 Å². The first-order chi connectivity index (χ1) is 60.7. The number of nitrogens with one attached hydrogen (secondary N) is 3. The predicted octanol–water partition coefficient (Wildman–Crippen LogP) is -1.65. The van der Waals surface area contributed by atoms with Gasteiger partial charge in [0.2, 0.25) is 0 Å². The van der Waals surface area contributed by atoms with Crippen molar-refractivity contribution in [3.05, 3.63) is 155 Å². The quantitative estimate of drug-likeness (QED) is 0.0136. The molecule has 6 saturated heterocycles. The van der Waals surface area contributed by atoms with Crippen LogP contribution in [-0.4, -0.2) is 276 Å². The van der Waals surface area contributed by atoms with Crippen LogP contribution in [0.5, 0.6) is 0 Å². The number of ether oxygens (including phenoxy) is 9. The van der Waals surface area contributed by atoms with E-state index in [9.17, 15) is 73.8 Å². The minimum atomic E-state index is -4.22. The number of hydrogen-bond acceptors (Lipinski definition) is 39. The number of imidazole rings is 3. The number of nitrogens with two attached hydrogens (primary N) is 3. The van der Waals surface area contributed by atoms with Crippen LogP contribution in [0.4, 0.5) is 25.8 Å². The first kappa shape index (κ1) is 97.8. The van der Waals surface area contributed by atoms with Gasteiger partial charge in [0, 0.05) is 61.8 Å². The van der Waals surface area contributed by atoms with Crippen molar-refractivity contribution in [2.75, 3.05) is 76.7 Å². The topological polar surface area (TPSA) is 652 Å². The molecule has 0 saturated carbocycles. The first-order valence-corrected chi connectivity index (χ1v) is 45.9. The minimum Gasteiger partial charge on any atom is -0.397 e. The largest absolute Gasteiger partial charge is 0.397 e. The van der Waals surface area contributed by atoms with E-state index in [4.69, 9.17) is 117 Å². The van der Waals surface area contributed by atoms with Crippen molar-refractivity contribution >= 4 is 107 Å². The average molecular weight is 1910 g/mol. The molecule has 0 aromatic carbocycles. The Balaban J connectivity index is 0.000000174. The van der Waals surface area contributed by atoms with Gasteiger partial charge in [-0.3, -0.25) is 74.8 Å². The molecule has 48 nitrogen and oxygen atoms in total. The smallest absolute Gasteiger partial charge is 0.386 e. The van der Waals surface area contributed by atoms with Crippen LogP contribution in [0.2, 0.25) is 0 Å². The number of thiol groups is 1. The maximum Gasteiger partial charge on any atom is 0.386 e. The molecule has 6 aliphatic heterocycles. The molecule has 17 N–H and O–H groups in total. The second-order valence-electron chi connectivity index (χ2n) is 28.3. The molecule has 0 spiro atoms. The fourth-order valence-electron chi connectivity index (χ4n) is 14.3. The number of H-pyrrole nitrogens is 3. The number of nitrogen functional groups attached to an aromatic ring is 3. The maximum atomic E-state index is 15.2. The number of aliphatic hydroxyl groups excluding tert-OH is 6. The molecule has 128 heavy (non-hydrogen) atoms. The summed E-state index contributed by atoms with van der Waals surface area (Å²) in [6.07, 6.45) is -12.1. The fraction of sp³-hybridized carbons (Fsp3) is 0.500. The van der Waals surface area contributed by atoms with E-state index in [0.29, 0.717) is 39.3 Å². The summed E-state index contributed by atoms with van der Waals surface area (Å²) in [5.41, 5.74) is 16.5. The van der Waals surface area contributed by atoms with Crippen LogP contribution in [0, 0.1) is 36.0 Å². The molecule has 0 amide bonds. The number of rotatable bonds is 30. The van der Waals surface area contributed by atoms with Crippen LogP contribution in [0.3, 0.4) is 0 Å². The monoisotopic (exact) mass is 1910 g/mol. The number of pyridine rings is 3. The first-order valence-electron chi connectivity index (χ1n) is 38.0. The molecule has 0 aliphatic carbocycles. The van der Waals surface area contributed by atoms with Gasteiger partial charge < -0.3 is 109 Å². The number of alkyl halides is 2. The highest BCUT2D eigenvalue weighted by atomic mass is 32.7. The number of aliphatic hydroxyl groups is 6. The molecule has 15 rings (SSSR count). The van der Waals surface area contributed by atoms with Gasteiger partial charge in [0.15, 0.2) is 60.4 Å². The molecular weight excluding hydrogens is 1820 g/mol. The molecule has 692 valence electrons. The van der Waals surface area contributed by atoms with Crippen LogP contribution in [0.25, 0.3) is 33.5 Å². The molecule has 26 atom stereocenters. The Morgan fingerprint density at radius 1 is 0.500 bits per heavy atom. The zero-order valence-corrected chi connectivity index (χ0v) is 71.3. The van der Waals surface area contributed by atoms with Crippen molar-refractivity contribution in [2.45, 2.75) is 169 Å². The SMILES string of the molecule is C.C#CCO[C@H]1C(OP(O)(=S)OC[C@H]2O[C@@H](n3cnc4c(N)ccnc43)[C@@H](F)C2O)[C@@H](CO)O[C@H]1n1ccc(=O)[nH]c1=O.CC#CCO[C@H]1C(OP(=O)(S)OC[C@H]2O[C@@H](n3cnc4c(N)ccnc43)CC2O)[C@@H](CO)O[C@H]1n1ccc(=O)[nH]c1=O.CC#CCO[C@H]1C(OP(O)(=S)OC[C@H]2O[C@@H](n3cnc4c(N)ccnc43)[C@@H](F)C2O)[C@@H](CO)O[C@H]1n1ccc(=O)[nH]c1=O. The van der Waals surface area contributed by atoms with Gasteiger partial charge in [0.1, 0.15) is 128 Å². The molecular formula is C72H87F2N18O30P3S3. The Bertz CT molecular complexity index is 6140. The number of nitrogens with zero attached hydrogens (tertiary/aromatic N) is 12. The van der Waals surface area contributed by atoms with E-state index in [0.717, 1.165) is 38.1 Å². The standard InChI is InChI=1S/C24H28FN6O10PS.C24H29N6O10PS.C23H26FN6O10PS.CH4/c1-2-3-8-37-20-19(13(9-32)39-23(20)30-7-5-15(33)29-24(30)35)41-42(36,43)38-10-14-18(34)16(25)22(40-14)31-11-28-17-12(26)4-6-27-21(17)31;1-2-3-8-36-21-20(15(10-31)39-23(21)29-7-5-17(33)28-24(29)34)40-41(35,42)37-11-16-14(32)9-18(38-16)30-12-27-19-13(25)4-6-26-22(19)30;1-2-7-36-19-18(12(8-31)38-22(19)29-6-4-14(32)28-23(29)34)40-41(35,42)37-9-13-17(33)15(24)21(39-13)30-10-27-16-11(25)3-5-26-20(16)30;/h4-7,11,13-14,16,18-20,22-23,32,34H,8-10H2,1H3,(H2,26,27)(H,36,43)(H,29,33,35);4-7,12,14-16,18,20-21,23,31-32H,8-11H2,1H3,(H2,25,26)(H,35,42)(H,28,33,34);1,3-6,10,12-13,15,17-19,21-22,31,33H,7-9H2,(H2,25,26)(H,35,42)(H,28,32,34);1H4/t13-,14-,16+,18?,19?,20+,22-,23-,42?;14?,15-,16-,18-,20?,21+,23-,41?;12-,13-,15+,17?,18?,19+,21-,22-,41?;/m111./s1. The van der Waals surface area contributed by atoms with Gasteiger partial charge in [-0.2, -0.15) is 0 Å². The lowest BCUT2D eigenvalue weighted by molar-refractivity contribution is -0.0678. The van der Waals surface area contributed by atoms with Gasteiger partial charge in [-0.25, -0.2) is 57.6 Å². The molecule has 6 aliphatic rings. The second-order valence-corrected chi connectivity index (χ2v) is 36.7. The summed E-state index contributed by atoms with van der Waals surface area (Å²) < 4.78 is 136. The van der Waals surface area contributed by atoms with Crippen molar-refractivity contribution in [3.63, 3.8) is 0 Å². The fourth-order valence-corrected chi connectivity index (χ4v) is 18.6. The molecule has 15 heterocycles. The zero-order chi connectivity index (χ0) is 91.1. The number of hydrogen-bond donors (Lipinski definition) is 15. The Hall–Kier alpha value is -9.20. The predicted molar refractivity (Wildman–Crippen MR) is 451 cm³/mol. The highest BCUT2D eigenvalue weighted by Crippen LogP contribution is 2.58. The number of terminal acetylenes is 1. The number of anilines is 3. The van der Waals surface area contributed by atoms with E-state index in [2.05, 4.69) is 86.7 Å². The normalized spacial score (nSPS) is 29.8. The third-order valence-corrected chi connectivity index (χ3v) is 25.0. The minimum absolute atomic E-state index is 0. The summed E-state index contributed by atoms with van der Waals surface area (Å²) in [5.74, 6) is 13.0. The van der Waals surface area contributed by atoms with E-state index in [1.165, 1.54) is 71.2 Å². The van der Waals surface area contributed by atoms with Crippen LogP contribution >= 0.6 is 32.5 Å². The van der Waals surface area contributed by atoms with E-state index in [1.54, 1.807) is 24.5 Å². The number of fused-ring (bicyclic) bond motifs is 3. The number of aromatic nitrogens is 15. The van der Waals surface area contributed by atoms with Crippen LogP contribution in [0.1, 0.15) is 65.1 Å². The van der Waals surface area contributed by atoms with E-state index in [1.807, 2.05) is 0 Å². The van der Waals surface area contributed by atoms with E-state index >= 15 is 8.78 Å². The third kappa shape index (κ3) is 21.8. The van der Waals surface area contributed by atoms with Gasteiger partial charge >= 0.3 is 37.3 Å². The lowest BCUT2D eigenvalue weighted by Gasteiger charge is -2.28. The molecule has 9 aromatic heterocycles. The molecule has 0 bridgehead atoms. The van der Waals surface area contributed by atoms with Crippen molar-refractivity contribution < 1.29 is 124 Å². The third-order valence-electron chi connectivity index (χ3n) is 20.3. The van der Waals surface area contributed by atoms with Crippen LogP contribution < -0.4 is 50.9 Å². The molecule has 9 unspecified atom stereocenters. The highest BCUT2D eigenvalue weighted by molar-refractivity contribution is 8.44. The van der Waals surface area contributed by atoms with Crippen LogP contribution in [0.15, 0.2) is 121 Å². The van der Waals surface area contributed by atoms with Gasteiger partial charge in [-0.05, 0) is 55.7 Å². The second kappa shape index (κ2) is 42.3. The lowest BCUT2D eigenvalue weighted by Crippen LogP contribution is -2.40. The molecule has 56 heteroatoms. The molecule has 9 aromatic rings. The average Bonchev–Trinajstić information content (AvgIpc) is 1.63. The maximum absolute atomic E-state index is 15.2. The van der Waals surface area contributed by atoms with E-state index < -0.39 is 228 Å². The number of halogens is 2. The zero-order valence-electron chi connectivity index (χ0n) is 66.1. The Morgan fingerprint density at radius 3 is 1.20 bits per heavy atom. The van der Waals surface area contributed by atoms with Crippen molar-refractivity contribution in [1.82, 2.24) is 72.3 Å². The Kier molecular flexibility index (Phi) is 32.4. The summed E-state index contributed by atoms with van der Waals surface area (Å²) in [5, 5.41) is 61.6. The number of aromatic amines is 3. The summed E-state index contributed by atoms with van der Waals surface area (Å²) in [7, 11) is 0. The van der Waals surface area contributed by atoms with E-state index in [-0.39, 0.29) is 51.6 Å². The van der Waals surface area contributed by atoms with Crippen molar-refractivity contribution in [1.29, 1.82) is 0 Å². The Labute approximate surface area is 735 Å². The van der Waals surface area contributed by atoms with Gasteiger partial charge in [-0.1, -0.05) is 37.4 Å². The van der Waals surface area contributed by atoms with Gasteiger partial charge in [-0.15, -0.1) is 18.3 Å². The highest BCUT2D eigenvalue weighted by Gasteiger charge is 2.55. The summed E-state index contributed by atoms with van der Waals surface area (Å²) in [6.45, 7) is -13.4. The molecule has 6 fully saturated rings.